The van der Waals surface area contributed by atoms with Gasteiger partial charge in [0.1, 0.15) is 5.01 Å². The minimum Gasteiger partial charge on any atom is -0.336 e. The zero-order valence-corrected chi connectivity index (χ0v) is 22.8. The van der Waals surface area contributed by atoms with Crippen LogP contribution in [0.3, 0.4) is 0 Å². The van der Waals surface area contributed by atoms with E-state index in [2.05, 4.69) is 9.88 Å². The van der Waals surface area contributed by atoms with Gasteiger partial charge in [0, 0.05) is 60.9 Å². The van der Waals surface area contributed by atoms with Gasteiger partial charge >= 0.3 is 0 Å². The molecule has 2 unspecified atom stereocenters. The van der Waals surface area contributed by atoms with Gasteiger partial charge in [-0.1, -0.05) is 48.4 Å². The minimum absolute atomic E-state index is 0.0320. The molecule has 0 radical (unpaired) electrons. The summed E-state index contributed by atoms with van der Waals surface area (Å²) in [6, 6.07) is 16.1. The summed E-state index contributed by atoms with van der Waals surface area (Å²) in [6.07, 6.45) is 6.33. The summed E-state index contributed by atoms with van der Waals surface area (Å²) in [5, 5.41) is 3.78. The van der Waals surface area contributed by atoms with E-state index in [1.54, 1.807) is 18.3 Å². The Kier molecular flexibility index (Phi) is 8.23. The number of rotatable bonds is 4. The third-order valence-corrected chi connectivity index (χ3v) is 8.59. The smallest absolute Gasteiger partial charge is 0.227 e. The lowest BCUT2D eigenvalue weighted by molar-refractivity contribution is -0.132. The van der Waals surface area contributed by atoms with E-state index in [1.807, 2.05) is 69.9 Å². The van der Waals surface area contributed by atoms with Gasteiger partial charge in [-0.2, -0.15) is 0 Å². The summed E-state index contributed by atoms with van der Waals surface area (Å²) >= 11 is 7.75. The second-order valence-electron chi connectivity index (χ2n) is 10.0. The molecule has 2 aromatic carbocycles. The van der Waals surface area contributed by atoms with Crippen LogP contribution < -0.4 is 4.90 Å². The summed E-state index contributed by atoms with van der Waals surface area (Å²) in [5.41, 5.74) is 2.86. The highest BCUT2D eigenvalue weighted by atomic mass is 35.5. The fraction of sp³-hybridized carbons (Fsp3) is 0.414. The number of thiazole rings is 1. The van der Waals surface area contributed by atoms with Crippen LogP contribution in [0.4, 0.5) is 5.69 Å². The van der Waals surface area contributed by atoms with Crippen molar-refractivity contribution in [2.24, 2.45) is 0 Å². The summed E-state index contributed by atoms with van der Waals surface area (Å²) in [6.45, 7) is 4.20. The Morgan fingerprint density at radius 1 is 1.05 bits per heavy atom. The van der Waals surface area contributed by atoms with Crippen LogP contribution in [-0.4, -0.2) is 51.8 Å². The molecule has 0 saturated carbocycles. The molecule has 0 spiro atoms. The zero-order valence-electron chi connectivity index (χ0n) is 21.2. The maximum atomic E-state index is 13.8. The van der Waals surface area contributed by atoms with Crippen LogP contribution in [0.5, 0.6) is 0 Å². The van der Waals surface area contributed by atoms with Gasteiger partial charge in [0.2, 0.25) is 11.8 Å². The Morgan fingerprint density at radius 2 is 1.84 bits per heavy atom. The second-order valence-corrected chi connectivity index (χ2v) is 11.4. The molecule has 2 atom stereocenters. The number of benzene rings is 2. The fourth-order valence-electron chi connectivity index (χ4n) is 5.71. The number of fused-ring (bicyclic) bond motifs is 3. The Labute approximate surface area is 227 Å². The van der Waals surface area contributed by atoms with E-state index in [4.69, 9.17) is 11.6 Å². The Balaban J connectivity index is 1.51. The first-order valence-corrected chi connectivity index (χ1v) is 14.3. The lowest BCUT2D eigenvalue weighted by atomic mass is 9.92. The molecule has 6 nitrogen and oxygen atoms in total. The van der Waals surface area contributed by atoms with E-state index in [9.17, 15) is 9.59 Å². The largest absolute Gasteiger partial charge is 0.336 e. The molecule has 37 heavy (non-hydrogen) atoms. The number of hydrogen-bond donors (Lipinski definition) is 0. The number of halogens is 1. The van der Waals surface area contributed by atoms with Gasteiger partial charge < -0.3 is 9.80 Å². The predicted molar refractivity (Wildman–Crippen MR) is 149 cm³/mol. The van der Waals surface area contributed by atoms with Gasteiger partial charge in [-0.25, -0.2) is 4.98 Å². The fourth-order valence-corrected chi connectivity index (χ4v) is 6.46. The number of para-hydroxylation sites is 1. The summed E-state index contributed by atoms with van der Waals surface area (Å²) in [4.78, 5) is 37.6. The van der Waals surface area contributed by atoms with Crippen LogP contribution in [0.1, 0.15) is 48.7 Å². The Bertz CT molecular complexity index is 1220. The maximum Gasteiger partial charge on any atom is 0.227 e. The number of anilines is 1. The van der Waals surface area contributed by atoms with Crippen LogP contribution >= 0.6 is 22.9 Å². The quantitative estimate of drug-likeness (QED) is 0.439. The van der Waals surface area contributed by atoms with Crippen molar-refractivity contribution in [3.8, 4) is 0 Å². The first-order chi connectivity index (χ1) is 18.0. The van der Waals surface area contributed by atoms with Crippen LogP contribution in [0.2, 0.25) is 5.02 Å². The minimum atomic E-state index is 0.0320. The van der Waals surface area contributed by atoms with Crippen molar-refractivity contribution in [1.29, 1.82) is 0 Å². The molecule has 2 bridgehead atoms. The zero-order chi connectivity index (χ0) is 25.8. The van der Waals surface area contributed by atoms with E-state index in [0.29, 0.717) is 37.1 Å². The summed E-state index contributed by atoms with van der Waals surface area (Å²) in [5.74, 6) is 0.117. The third-order valence-electron chi connectivity index (χ3n) is 7.58. The lowest BCUT2D eigenvalue weighted by Crippen LogP contribution is -2.52. The maximum absolute atomic E-state index is 13.8. The molecular weight excluding hydrogens is 504 g/mol. The van der Waals surface area contributed by atoms with Crippen molar-refractivity contribution in [1.82, 2.24) is 14.8 Å². The van der Waals surface area contributed by atoms with Crippen molar-refractivity contribution in [2.45, 2.75) is 64.2 Å². The molecule has 3 aromatic rings. The number of hydrogen-bond acceptors (Lipinski definition) is 5. The van der Waals surface area contributed by atoms with Crippen molar-refractivity contribution in [3.63, 3.8) is 0 Å². The van der Waals surface area contributed by atoms with Crippen LogP contribution in [-0.2, 0) is 29.1 Å². The molecule has 0 aliphatic carbocycles. The predicted octanol–water partition coefficient (Wildman–Crippen LogP) is 5.55. The highest BCUT2D eigenvalue weighted by Crippen LogP contribution is 2.32. The third kappa shape index (κ3) is 6.22. The molecule has 2 aliphatic rings. The van der Waals surface area contributed by atoms with E-state index in [1.165, 1.54) is 0 Å². The Morgan fingerprint density at radius 3 is 2.59 bits per heavy atom. The van der Waals surface area contributed by atoms with Gasteiger partial charge in [0.25, 0.3) is 0 Å². The second kappa shape index (κ2) is 11.8. The Hall–Kier alpha value is -2.74. The number of nitrogens with zero attached hydrogens (tertiary/aromatic N) is 4. The van der Waals surface area contributed by atoms with Crippen LogP contribution in [0.25, 0.3) is 0 Å². The van der Waals surface area contributed by atoms with Gasteiger partial charge in [-0.15, -0.1) is 11.3 Å². The molecule has 2 amide bonds. The molecule has 194 valence electrons. The molecule has 3 heterocycles. The van der Waals surface area contributed by atoms with Crippen molar-refractivity contribution >= 4 is 40.4 Å². The molecule has 0 N–H and O–H groups in total. The van der Waals surface area contributed by atoms with Gasteiger partial charge in [0.15, 0.2) is 0 Å². The van der Waals surface area contributed by atoms with Gasteiger partial charge in [-0.3, -0.25) is 14.5 Å². The molecular formula is C29H33ClN4O2S. The number of amides is 2. The number of piperidine rings is 1. The topological polar surface area (TPSA) is 56.8 Å². The normalized spacial score (nSPS) is 20.7. The summed E-state index contributed by atoms with van der Waals surface area (Å²) < 4.78 is 0. The SMILES string of the molecule is CC(=O)N1CCC2CCCC(CN(C(=O)Cc3ccc(Cl)cc3)Cc3ccccc31)N2Cc1nccs1. The molecule has 5 rings (SSSR count). The van der Waals surface area contributed by atoms with Crippen LogP contribution in [0, 0.1) is 0 Å². The average molecular weight is 537 g/mol. The molecule has 1 fully saturated rings. The van der Waals surface area contributed by atoms with E-state index in [0.717, 1.165) is 54.0 Å². The highest BCUT2D eigenvalue weighted by molar-refractivity contribution is 7.09. The molecule has 1 saturated heterocycles. The first kappa shape index (κ1) is 25.9. The average Bonchev–Trinajstić information content (AvgIpc) is 3.40. The number of aromatic nitrogens is 1. The number of carbonyl (C=O) groups excluding carboxylic acids is 2. The van der Waals surface area contributed by atoms with E-state index >= 15 is 0 Å². The standard InChI is InChI=1S/C29H33ClN4O2S/c1-21(35)33-15-13-25-6-4-7-26(34(25)20-28-31-14-16-37-28)19-32(18-23-5-2-3-8-27(23)33)29(36)17-22-9-11-24(30)12-10-22/h2-3,5,8-12,14,16,25-26H,4,6-7,13,15,17-20H2,1H3. The van der Waals surface area contributed by atoms with E-state index < -0.39 is 0 Å². The van der Waals surface area contributed by atoms with Gasteiger partial charge in [0.05, 0.1) is 13.0 Å². The van der Waals surface area contributed by atoms with Gasteiger partial charge in [-0.05, 0) is 48.6 Å². The lowest BCUT2D eigenvalue weighted by Gasteiger charge is -2.43. The van der Waals surface area contributed by atoms with Crippen LogP contribution in [0.15, 0.2) is 60.1 Å². The van der Waals surface area contributed by atoms with Crippen molar-refractivity contribution in [2.75, 3.05) is 18.0 Å². The number of carbonyl (C=O) groups is 2. The first-order valence-electron chi connectivity index (χ1n) is 13.0. The monoisotopic (exact) mass is 536 g/mol. The molecule has 8 heteroatoms. The van der Waals surface area contributed by atoms with Crippen molar-refractivity contribution in [3.05, 3.63) is 81.3 Å². The molecule has 1 aromatic heterocycles. The molecule has 2 aliphatic heterocycles. The van der Waals surface area contributed by atoms with Crippen molar-refractivity contribution < 1.29 is 9.59 Å². The highest BCUT2D eigenvalue weighted by Gasteiger charge is 2.35. The van der Waals surface area contributed by atoms with E-state index in [-0.39, 0.29) is 17.9 Å². The summed E-state index contributed by atoms with van der Waals surface area (Å²) in [7, 11) is 0.